The van der Waals surface area contributed by atoms with Gasteiger partial charge in [0.1, 0.15) is 5.52 Å². The maximum Gasteiger partial charge on any atom is 0.227 e. The molecule has 170 valence electrons. The summed E-state index contributed by atoms with van der Waals surface area (Å²) >= 11 is 0. The van der Waals surface area contributed by atoms with Crippen molar-refractivity contribution in [2.75, 3.05) is 0 Å². The van der Waals surface area contributed by atoms with Crippen LogP contribution in [0.25, 0.3) is 55.8 Å². The molecule has 0 aliphatic carbocycles. The van der Waals surface area contributed by atoms with E-state index >= 15 is 0 Å². The Morgan fingerprint density at radius 1 is 0.629 bits per heavy atom. The molecule has 2 aromatic heterocycles. The number of para-hydroxylation sites is 1. The molecule has 0 unspecified atom stereocenters. The summed E-state index contributed by atoms with van der Waals surface area (Å²) < 4.78 is 6.14. The van der Waals surface area contributed by atoms with Gasteiger partial charge in [0.2, 0.25) is 5.89 Å². The summed E-state index contributed by atoms with van der Waals surface area (Å²) in [6.45, 7) is 7.15. The van der Waals surface area contributed by atoms with Crippen LogP contribution in [0.3, 0.4) is 0 Å². The number of pyridine rings is 1. The van der Waals surface area contributed by atoms with E-state index in [1.165, 1.54) is 21.7 Å². The van der Waals surface area contributed by atoms with Gasteiger partial charge in [0.15, 0.2) is 5.58 Å². The summed E-state index contributed by atoms with van der Waals surface area (Å²) in [5, 5.41) is 2.63. The number of oxazole rings is 1. The number of aromatic nitrogens is 2. The van der Waals surface area contributed by atoms with Crippen molar-refractivity contribution in [3.8, 4) is 33.8 Å². The van der Waals surface area contributed by atoms with Crippen molar-refractivity contribution >= 4 is 35.3 Å². The van der Waals surface area contributed by atoms with Crippen LogP contribution in [-0.2, 0) is 0 Å². The van der Waals surface area contributed by atoms with E-state index in [0.29, 0.717) is 5.89 Å². The van der Waals surface area contributed by atoms with Crippen LogP contribution in [0, 0.1) is 0 Å². The lowest BCUT2D eigenvalue weighted by molar-refractivity contribution is 0.620. The van der Waals surface area contributed by atoms with Gasteiger partial charge in [-0.15, -0.1) is 0 Å². The van der Waals surface area contributed by atoms with Gasteiger partial charge in [-0.3, -0.25) is 0 Å². The van der Waals surface area contributed by atoms with Crippen LogP contribution in [0.4, 0.5) is 0 Å². The van der Waals surface area contributed by atoms with Gasteiger partial charge in [-0.2, -0.15) is 0 Å². The van der Waals surface area contributed by atoms with Crippen LogP contribution in [0.5, 0.6) is 0 Å². The Hall–Kier alpha value is -4.02. The number of fused-ring (bicyclic) bond motifs is 2. The van der Waals surface area contributed by atoms with Gasteiger partial charge in [0, 0.05) is 16.5 Å². The molecule has 0 aliphatic rings. The van der Waals surface area contributed by atoms with Gasteiger partial charge in [0.25, 0.3) is 0 Å². The zero-order valence-corrected chi connectivity index (χ0v) is 21.1. The number of rotatable bonds is 4. The highest BCUT2D eigenvalue weighted by Crippen LogP contribution is 2.36. The van der Waals surface area contributed by atoms with Gasteiger partial charge in [-0.25, -0.2) is 9.97 Å². The van der Waals surface area contributed by atoms with E-state index in [2.05, 4.69) is 80.3 Å². The predicted molar refractivity (Wildman–Crippen MR) is 149 cm³/mol. The van der Waals surface area contributed by atoms with Crippen molar-refractivity contribution in [1.29, 1.82) is 0 Å². The van der Waals surface area contributed by atoms with Crippen LogP contribution in [0.1, 0.15) is 0 Å². The molecule has 2 heterocycles. The smallest absolute Gasteiger partial charge is 0.227 e. The normalized spacial score (nSPS) is 11.9. The Labute approximate surface area is 206 Å². The van der Waals surface area contributed by atoms with Crippen LogP contribution in [0.15, 0.2) is 108 Å². The van der Waals surface area contributed by atoms with Gasteiger partial charge in [-0.05, 0) is 41.5 Å². The Kier molecular flexibility index (Phi) is 5.12. The quantitative estimate of drug-likeness (QED) is 0.246. The lowest BCUT2D eigenvalue weighted by Gasteiger charge is -2.18. The fourth-order valence-electron chi connectivity index (χ4n) is 4.55. The molecule has 35 heavy (non-hydrogen) atoms. The molecule has 0 aliphatic heterocycles. The van der Waals surface area contributed by atoms with Gasteiger partial charge >= 0.3 is 0 Å². The Morgan fingerprint density at radius 2 is 1.34 bits per heavy atom. The average molecular weight is 471 g/mol. The molecule has 4 aromatic carbocycles. The molecule has 0 N–H and O–H groups in total. The topological polar surface area (TPSA) is 38.9 Å². The number of benzene rings is 4. The molecule has 0 saturated carbocycles. The third-order valence-corrected chi connectivity index (χ3v) is 8.52. The molecular weight excluding hydrogens is 444 g/mol. The molecular formula is C31H26N2OSi. The van der Waals surface area contributed by atoms with Crippen LogP contribution >= 0.6 is 0 Å². The molecule has 0 saturated heterocycles. The molecule has 0 fully saturated rings. The highest BCUT2D eigenvalue weighted by molar-refractivity contribution is 6.88. The summed E-state index contributed by atoms with van der Waals surface area (Å²) in [5.74, 6) is 0.622. The van der Waals surface area contributed by atoms with Crippen molar-refractivity contribution in [2.24, 2.45) is 0 Å². The SMILES string of the molecule is C[Si](C)(C)c1ccc2nc(-c3cccc4oc(-c5ccccc5)nc34)cc(-c3ccccc3)c2c1. The monoisotopic (exact) mass is 470 g/mol. The largest absolute Gasteiger partial charge is 0.436 e. The van der Waals surface area contributed by atoms with E-state index in [-0.39, 0.29) is 0 Å². The van der Waals surface area contributed by atoms with Gasteiger partial charge in [0.05, 0.1) is 19.3 Å². The zero-order chi connectivity index (χ0) is 24.0. The third kappa shape index (κ3) is 3.96. The second-order valence-electron chi connectivity index (χ2n) is 9.94. The number of hydrogen-bond donors (Lipinski definition) is 0. The Bertz CT molecular complexity index is 1670. The highest BCUT2D eigenvalue weighted by Gasteiger charge is 2.20. The summed E-state index contributed by atoms with van der Waals surface area (Å²) in [7, 11) is -1.47. The maximum atomic E-state index is 6.14. The molecule has 0 radical (unpaired) electrons. The van der Waals surface area contributed by atoms with E-state index in [9.17, 15) is 0 Å². The van der Waals surface area contributed by atoms with Gasteiger partial charge < -0.3 is 4.42 Å². The second kappa shape index (κ2) is 8.33. The van der Waals surface area contributed by atoms with Crippen molar-refractivity contribution in [2.45, 2.75) is 19.6 Å². The third-order valence-electron chi connectivity index (χ3n) is 6.48. The number of nitrogens with zero attached hydrogens (tertiary/aromatic N) is 2. The highest BCUT2D eigenvalue weighted by atomic mass is 28.3. The average Bonchev–Trinajstić information content (AvgIpc) is 3.33. The summed E-state index contributed by atoms with van der Waals surface area (Å²) in [6.07, 6.45) is 0. The zero-order valence-electron chi connectivity index (χ0n) is 20.1. The number of hydrogen-bond acceptors (Lipinski definition) is 3. The maximum absolute atomic E-state index is 6.14. The molecule has 4 heteroatoms. The van der Waals surface area contributed by atoms with Crippen molar-refractivity contribution in [3.05, 3.63) is 103 Å². The van der Waals surface area contributed by atoms with Crippen LogP contribution in [0.2, 0.25) is 19.6 Å². The fraction of sp³-hybridized carbons (Fsp3) is 0.0968. The van der Waals surface area contributed by atoms with Crippen molar-refractivity contribution in [1.82, 2.24) is 9.97 Å². The molecule has 0 amide bonds. The first-order valence-electron chi connectivity index (χ1n) is 11.9. The molecule has 0 spiro atoms. The van der Waals surface area contributed by atoms with E-state index in [1.54, 1.807) is 0 Å². The fourth-order valence-corrected chi connectivity index (χ4v) is 5.71. The van der Waals surface area contributed by atoms with E-state index in [0.717, 1.165) is 33.4 Å². The molecule has 3 nitrogen and oxygen atoms in total. The van der Waals surface area contributed by atoms with Gasteiger partial charge in [-0.1, -0.05) is 97.6 Å². The van der Waals surface area contributed by atoms with E-state index in [1.807, 2.05) is 42.5 Å². The minimum atomic E-state index is -1.47. The minimum Gasteiger partial charge on any atom is -0.436 e. The predicted octanol–water partition coefficient (Wildman–Crippen LogP) is 7.92. The Morgan fingerprint density at radius 3 is 2.06 bits per heavy atom. The standard InChI is InChI=1S/C31H26N2OSi/c1-35(2,3)23-17-18-27-26(19-23)25(21-11-6-4-7-12-21)20-28(32-27)24-15-10-16-29-30(24)33-31(34-29)22-13-8-5-9-14-22/h4-20H,1-3H3. The lowest BCUT2D eigenvalue weighted by Crippen LogP contribution is -2.37. The van der Waals surface area contributed by atoms with Crippen LogP contribution < -0.4 is 5.19 Å². The summed E-state index contributed by atoms with van der Waals surface area (Å²) in [6, 6.07) is 35.7. The molecule has 0 bridgehead atoms. The summed E-state index contributed by atoms with van der Waals surface area (Å²) in [4.78, 5) is 10.0. The minimum absolute atomic E-state index is 0.622. The first-order chi connectivity index (χ1) is 17.0. The second-order valence-corrected chi connectivity index (χ2v) is 15.0. The molecule has 0 atom stereocenters. The van der Waals surface area contributed by atoms with E-state index < -0.39 is 8.07 Å². The van der Waals surface area contributed by atoms with Crippen molar-refractivity contribution in [3.63, 3.8) is 0 Å². The van der Waals surface area contributed by atoms with Crippen molar-refractivity contribution < 1.29 is 4.42 Å². The Balaban J connectivity index is 1.60. The van der Waals surface area contributed by atoms with E-state index in [4.69, 9.17) is 14.4 Å². The van der Waals surface area contributed by atoms with Crippen LogP contribution in [-0.4, -0.2) is 18.0 Å². The summed E-state index contributed by atoms with van der Waals surface area (Å²) in [5.41, 5.74) is 7.80. The molecule has 6 aromatic rings. The molecule has 6 rings (SSSR count). The first-order valence-corrected chi connectivity index (χ1v) is 15.4. The lowest BCUT2D eigenvalue weighted by atomic mass is 9.98. The first kappa shape index (κ1) is 21.5.